The van der Waals surface area contributed by atoms with E-state index in [1.807, 2.05) is 6.07 Å². The summed E-state index contributed by atoms with van der Waals surface area (Å²) in [6.07, 6.45) is 0. The van der Waals surface area contributed by atoms with Crippen LogP contribution in [-0.4, -0.2) is 0 Å². The van der Waals surface area contributed by atoms with Crippen LogP contribution in [0.5, 0.6) is 5.75 Å². The van der Waals surface area contributed by atoms with E-state index in [2.05, 4.69) is 0 Å². The first kappa shape index (κ1) is 13.7. The average Bonchev–Trinajstić information content (AvgIpc) is 2.40. The van der Waals surface area contributed by atoms with Crippen molar-refractivity contribution in [3.8, 4) is 11.8 Å². The summed E-state index contributed by atoms with van der Waals surface area (Å²) in [4.78, 5) is 0. The number of rotatable bonds is 3. The van der Waals surface area contributed by atoms with Crippen LogP contribution in [0.3, 0.4) is 0 Å². The molecule has 19 heavy (non-hydrogen) atoms. The quantitative estimate of drug-likeness (QED) is 0.830. The van der Waals surface area contributed by atoms with Gasteiger partial charge in [-0.05, 0) is 29.8 Å². The van der Waals surface area contributed by atoms with Gasteiger partial charge in [0.05, 0.1) is 10.6 Å². The van der Waals surface area contributed by atoms with Crippen molar-refractivity contribution in [2.24, 2.45) is 0 Å². The molecule has 0 unspecified atom stereocenters. The Hall–Kier alpha value is -1.76. The van der Waals surface area contributed by atoms with Gasteiger partial charge in [-0.2, -0.15) is 5.26 Å². The number of hydrogen-bond donors (Lipinski definition) is 0. The van der Waals surface area contributed by atoms with Gasteiger partial charge in [0.2, 0.25) is 0 Å². The number of nitrogens with zero attached hydrogens (tertiary/aromatic N) is 1. The van der Waals surface area contributed by atoms with Gasteiger partial charge in [-0.15, -0.1) is 0 Å². The molecular formula is C14H8Cl2FNO. The first-order chi connectivity index (χ1) is 9.10. The van der Waals surface area contributed by atoms with Gasteiger partial charge in [-0.3, -0.25) is 0 Å². The molecule has 0 radical (unpaired) electrons. The van der Waals surface area contributed by atoms with Crippen molar-refractivity contribution in [2.45, 2.75) is 6.61 Å². The minimum Gasteiger partial charge on any atom is -0.487 e. The van der Waals surface area contributed by atoms with Crippen molar-refractivity contribution in [2.75, 3.05) is 0 Å². The van der Waals surface area contributed by atoms with Crippen molar-refractivity contribution < 1.29 is 9.13 Å². The molecule has 0 atom stereocenters. The Kier molecular flexibility index (Phi) is 4.26. The normalized spacial score (nSPS) is 10.0. The fourth-order valence-electron chi connectivity index (χ4n) is 1.50. The predicted octanol–water partition coefficient (Wildman–Crippen LogP) is 4.58. The fourth-order valence-corrected chi connectivity index (χ4v) is 1.78. The summed E-state index contributed by atoms with van der Waals surface area (Å²) in [6, 6.07) is 11.1. The predicted molar refractivity (Wildman–Crippen MR) is 71.9 cm³/mol. The monoisotopic (exact) mass is 295 g/mol. The zero-order chi connectivity index (χ0) is 13.8. The maximum Gasteiger partial charge on any atom is 0.142 e. The van der Waals surface area contributed by atoms with E-state index in [-0.39, 0.29) is 11.6 Å². The van der Waals surface area contributed by atoms with Crippen molar-refractivity contribution >= 4 is 23.2 Å². The molecule has 96 valence electrons. The Morgan fingerprint density at radius 3 is 2.63 bits per heavy atom. The molecule has 2 rings (SSSR count). The van der Waals surface area contributed by atoms with Crippen LogP contribution in [-0.2, 0) is 6.61 Å². The second-order valence-corrected chi connectivity index (χ2v) is 4.63. The van der Waals surface area contributed by atoms with Gasteiger partial charge in [-0.25, -0.2) is 4.39 Å². The molecule has 0 saturated carbocycles. The van der Waals surface area contributed by atoms with Crippen LogP contribution in [0.2, 0.25) is 10.0 Å². The first-order valence-corrected chi connectivity index (χ1v) is 6.12. The highest BCUT2D eigenvalue weighted by atomic mass is 35.5. The molecule has 0 aliphatic rings. The van der Waals surface area contributed by atoms with Crippen LogP contribution in [0.25, 0.3) is 0 Å². The SMILES string of the molecule is N#Cc1ccc(Cl)cc1OCc1ccc(Cl)c(F)c1. The van der Waals surface area contributed by atoms with Gasteiger partial charge >= 0.3 is 0 Å². The average molecular weight is 296 g/mol. The summed E-state index contributed by atoms with van der Waals surface area (Å²) in [5, 5.41) is 9.46. The highest BCUT2D eigenvalue weighted by Crippen LogP contribution is 2.24. The van der Waals surface area contributed by atoms with Gasteiger partial charge in [0.15, 0.2) is 0 Å². The third-order valence-corrected chi connectivity index (χ3v) is 2.98. The van der Waals surface area contributed by atoms with Gasteiger partial charge in [-0.1, -0.05) is 29.3 Å². The number of nitriles is 1. The second kappa shape index (κ2) is 5.92. The highest BCUT2D eigenvalue weighted by Gasteiger charge is 2.06. The number of ether oxygens (including phenoxy) is 1. The minimum absolute atomic E-state index is 0.0595. The summed E-state index contributed by atoms with van der Waals surface area (Å²) >= 11 is 11.4. The van der Waals surface area contributed by atoms with Crippen LogP contribution in [0.1, 0.15) is 11.1 Å². The Morgan fingerprint density at radius 2 is 1.95 bits per heavy atom. The van der Waals surface area contributed by atoms with Crippen LogP contribution in [0.4, 0.5) is 4.39 Å². The van der Waals surface area contributed by atoms with Crippen molar-refractivity contribution in [3.63, 3.8) is 0 Å². The lowest BCUT2D eigenvalue weighted by Crippen LogP contribution is -1.98. The largest absolute Gasteiger partial charge is 0.487 e. The van der Waals surface area contributed by atoms with Gasteiger partial charge in [0.1, 0.15) is 24.2 Å². The van der Waals surface area contributed by atoms with E-state index in [0.29, 0.717) is 21.9 Å². The highest BCUT2D eigenvalue weighted by molar-refractivity contribution is 6.31. The molecule has 5 heteroatoms. The molecule has 0 aliphatic carbocycles. The lowest BCUT2D eigenvalue weighted by atomic mass is 10.2. The topological polar surface area (TPSA) is 33.0 Å². The lowest BCUT2D eigenvalue weighted by molar-refractivity contribution is 0.304. The summed E-state index contributed by atoms with van der Waals surface area (Å²) in [6.45, 7) is 0.128. The van der Waals surface area contributed by atoms with Crippen LogP contribution in [0, 0.1) is 17.1 Å². The zero-order valence-electron chi connectivity index (χ0n) is 9.66. The van der Waals surface area contributed by atoms with Crippen molar-refractivity contribution in [1.29, 1.82) is 5.26 Å². The molecule has 2 nitrogen and oxygen atoms in total. The molecule has 0 aromatic heterocycles. The van der Waals surface area contributed by atoms with Crippen LogP contribution >= 0.6 is 23.2 Å². The Bertz CT molecular complexity index is 652. The van der Waals surface area contributed by atoms with Gasteiger partial charge in [0, 0.05) is 11.1 Å². The molecule has 2 aromatic carbocycles. The molecule has 0 fully saturated rings. The second-order valence-electron chi connectivity index (χ2n) is 3.79. The summed E-state index contributed by atoms with van der Waals surface area (Å²) in [5.74, 6) is -0.139. The van der Waals surface area contributed by atoms with Crippen LogP contribution in [0.15, 0.2) is 36.4 Å². The van der Waals surface area contributed by atoms with Gasteiger partial charge in [0.25, 0.3) is 0 Å². The standard InChI is InChI=1S/C14H8Cl2FNO/c15-11-3-2-10(7-18)14(6-11)19-8-9-1-4-12(16)13(17)5-9/h1-6H,8H2. The summed E-state index contributed by atoms with van der Waals surface area (Å²) in [5.41, 5.74) is 0.990. The fraction of sp³-hybridized carbons (Fsp3) is 0.0714. The molecule has 0 aliphatic heterocycles. The van der Waals surface area contributed by atoms with Crippen LogP contribution < -0.4 is 4.74 Å². The lowest BCUT2D eigenvalue weighted by Gasteiger charge is -2.08. The molecule has 0 heterocycles. The maximum absolute atomic E-state index is 13.3. The molecule has 0 amide bonds. The maximum atomic E-state index is 13.3. The first-order valence-electron chi connectivity index (χ1n) is 5.36. The van der Waals surface area contributed by atoms with E-state index in [9.17, 15) is 4.39 Å². The van der Waals surface area contributed by atoms with Crippen molar-refractivity contribution in [3.05, 3.63) is 63.4 Å². The van der Waals surface area contributed by atoms with E-state index in [4.69, 9.17) is 33.2 Å². The number of halogens is 3. The smallest absolute Gasteiger partial charge is 0.142 e. The Balaban J connectivity index is 2.16. The van der Waals surface area contributed by atoms with Crippen molar-refractivity contribution in [1.82, 2.24) is 0 Å². The zero-order valence-corrected chi connectivity index (χ0v) is 11.2. The molecule has 0 saturated heterocycles. The Morgan fingerprint density at radius 1 is 1.16 bits per heavy atom. The molecule has 2 aromatic rings. The summed E-state index contributed by atoms with van der Waals surface area (Å²) < 4.78 is 18.7. The molecule has 0 N–H and O–H groups in total. The minimum atomic E-state index is -0.505. The van der Waals surface area contributed by atoms with E-state index >= 15 is 0 Å². The Labute approximate surface area is 119 Å². The van der Waals surface area contributed by atoms with E-state index in [1.165, 1.54) is 12.1 Å². The summed E-state index contributed by atoms with van der Waals surface area (Å²) in [7, 11) is 0. The molecular weight excluding hydrogens is 288 g/mol. The number of hydrogen-bond acceptors (Lipinski definition) is 2. The number of benzene rings is 2. The molecule has 0 bridgehead atoms. The van der Waals surface area contributed by atoms with E-state index < -0.39 is 5.82 Å². The molecule has 0 spiro atoms. The van der Waals surface area contributed by atoms with Gasteiger partial charge < -0.3 is 4.74 Å². The van der Waals surface area contributed by atoms with E-state index in [0.717, 1.165) is 0 Å². The third-order valence-electron chi connectivity index (χ3n) is 2.44. The van der Waals surface area contributed by atoms with E-state index in [1.54, 1.807) is 24.3 Å². The third kappa shape index (κ3) is 3.37.